The zero-order chi connectivity index (χ0) is 16.6. The van der Waals surface area contributed by atoms with Gasteiger partial charge in [0.05, 0.1) is 5.69 Å². The summed E-state index contributed by atoms with van der Waals surface area (Å²) in [6, 6.07) is 15.7. The van der Waals surface area contributed by atoms with Gasteiger partial charge in [-0.2, -0.15) is 5.10 Å². The van der Waals surface area contributed by atoms with Crippen LogP contribution in [-0.2, 0) is 10.2 Å². The predicted octanol–water partition coefficient (Wildman–Crippen LogP) is 4.80. The van der Waals surface area contributed by atoms with Crippen molar-refractivity contribution >= 4 is 32.5 Å². The summed E-state index contributed by atoms with van der Waals surface area (Å²) in [6.07, 6.45) is 0.950. The smallest absolute Gasteiger partial charge is 0.149 e. The summed E-state index contributed by atoms with van der Waals surface area (Å²) < 4.78 is 0.743. The molecule has 0 spiro atoms. The second-order valence-electron chi connectivity index (χ2n) is 6.70. The number of anilines is 1. The first-order valence-corrected chi connectivity index (χ1v) is 8.39. The highest BCUT2D eigenvalue weighted by molar-refractivity contribution is 9.18. The molecule has 118 valence electrons. The molecule has 1 heterocycles. The quantitative estimate of drug-likeness (QED) is 0.711. The zero-order valence-corrected chi connectivity index (χ0v) is 15.0. The van der Waals surface area contributed by atoms with Gasteiger partial charge in [0.25, 0.3) is 0 Å². The lowest BCUT2D eigenvalue weighted by Gasteiger charge is -2.32. The number of hydrogen-bond acceptors (Lipinski definition) is 3. The molecule has 0 aliphatic carbocycles. The number of nitrogens with zero attached hydrogens (tertiary/aromatic N) is 2. The normalized spacial score (nSPS) is 17.5. The number of benzene rings is 2. The van der Waals surface area contributed by atoms with E-state index in [1.54, 1.807) is 5.01 Å². The number of fused-ring (bicyclic) bond motifs is 1. The van der Waals surface area contributed by atoms with Crippen molar-refractivity contribution in [3.8, 4) is 0 Å². The van der Waals surface area contributed by atoms with E-state index in [0.717, 1.165) is 27.7 Å². The lowest BCUT2D eigenvalue weighted by molar-refractivity contribution is -0.109. The molecule has 3 nitrogen and oxygen atoms in total. The lowest BCUT2D eigenvalue weighted by Crippen LogP contribution is -2.30. The van der Waals surface area contributed by atoms with E-state index in [0.29, 0.717) is 0 Å². The zero-order valence-electron chi connectivity index (χ0n) is 13.5. The van der Waals surface area contributed by atoms with Crippen LogP contribution >= 0.6 is 15.9 Å². The Bertz CT molecular complexity index is 777. The summed E-state index contributed by atoms with van der Waals surface area (Å²) in [5, 5.41) is 6.39. The topological polar surface area (TPSA) is 32.7 Å². The van der Waals surface area contributed by atoms with E-state index in [1.807, 2.05) is 36.4 Å². The Balaban J connectivity index is 2.10. The van der Waals surface area contributed by atoms with Crippen LogP contribution in [-0.4, -0.2) is 10.9 Å². The fraction of sp³-hybridized carbons (Fsp3) is 0.263. The van der Waals surface area contributed by atoms with Gasteiger partial charge in [0, 0.05) is 5.56 Å². The first kappa shape index (κ1) is 15.9. The molecule has 1 atom stereocenters. The van der Waals surface area contributed by atoms with Gasteiger partial charge in [0.1, 0.15) is 16.9 Å². The fourth-order valence-electron chi connectivity index (χ4n) is 2.75. The van der Waals surface area contributed by atoms with Crippen LogP contribution in [0.5, 0.6) is 0 Å². The molecular weight excluding hydrogens is 352 g/mol. The average Bonchev–Trinajstić information content (AvgIpc) is 2.54. The summed E-state index contributed by atoms with van der Waals surface area (Å²) >= 11 is 3.53. The third-order valence-corrected chi connectivity index (χ3v) is 4.65. The Hall–Kier alpha value is -1.94. The minimum absolute atomic E-state index is 0.0430. The van der Waals surface area contributed by atoms with Crippen molar-refractivity contribution < 1.29 is 4.79 Å². The minimum atomic E-state index is -0.414. The van der Waals surface area contributed by atoms with Crippen LogP contribution in [0.2, 0.25) is 0 Å². The van der Waals surface area contributed by atoms with Crippen molar-refractivity contribution in [3.63, 3.8) is 0 Å². The lowest BCUT2D eigenvalue weighted by atomic mass is 9.87. The van der Waals surface area contributed by atoms with Crippen LogP contribution in [0.4, 0.5) is 5.69 Å². The van der Waals surface area contributed by atoms with Crippen molar-refractivity contribution in [2.75, 3.05) is 5.01 Å². The van der Waals surface area contributed by atoms with Crippen LogP contribution < -0.4 is 5.01 Å². The Kier molecular flexibility index (Phi) is 4.11. The van der Waals surface area contributed by atoms with Crippen molar-refractivity contribution in [3.05, 3.63) is 65.2 Å². The first-order valence-electron chi connectivity index (χ1n) is 7.60. The third-order valence-electron chi connectivity index (χ3n) is 4.07. The molecule has 2 aromatic carbocycles. The summed E-state index contributed by atoms with van der Waals surface area (Å²) in [4.78, 5) is 11.8. The van der Waals surface area contributed by atoms with Gasteiger partial charge in [-0.25, -0.2) is 5.01 Å². The maximum absolute atomic E-state index is 11.8. The van der Waals surface area contributed by atoms with Crippen molar-refractivity contribution in [1.29, 1.82) is 0 Å². The maximum Gasteiger partial charge on any atom is 0.149 e. The van der Waals surface area contributed by atoms with E-state index < -0.39 is 6.04 Å². The Morgan fingerprint density at radius 2 is 1.87 bits per heavy atom. The van der Waals surface area contributed by atoms with Crippen LogP contribution in [0.3, 0.4) is 0 Å². The molecular formula is C19H19BrN2O. The standard InChI is InChI=1S/C19H19BrN2O/c1-19(2,3)13-7-6-8-14(11-13)22-17(12-23)15-9-4-5-10-16(15)18(20)21-22/h4-12,17H,1-3H3. The number of hydrazone groups is 1. The Morgan fingerprint density at radius 1 is 1.13 bits per heavy atom. The van der Waals surface area contributed by atoms with Gasteiger partial charge in [0.2, 0.25) is 0 Å². The van der Waals surface area contributed by atoms with Gasteiger partial charge in [-0.15, -0.1) is 0 Å². The minimum Gasteiger partial charge on any atom is -0.301 e. The monoisotopic (exact) mass is 370 g/mol. The number of carbonyl (C=O) groups excluding carboxylic acids is 1. The maximum atomic E-state index is 11.8. The number of hydrogen-bond donors (Lipinski definition) is 0. The van der Waals surface area contributed by atoms with Gasteiger partial charge in [-0.1, -0.05) is 57.2 Å². The van der Waals surface area contributed by atoms with E-state index >= 15 is 0 Å². The largest absolute Gasteiger partial charge is 0.301 e. The molecule has 3 rings (SSSR count). The number of aldehydes is 1. The average molecular weight is 371 g/mol. The summed E-state index contributed by atoms with van der Waals surface area (Å²) in [7, 11) is 0. The highest BCUT2D eigenvalue weighted by Gasteiger charge is 2.29. The predicted molar refractivity (Wildman–Crippen MR) is 98.3 cm³/mol. The molecule has 1 aliphatic rings. The first-order chi connectivity index (χ1) is 10.9. The van der Waals surface area contributed by atoms with Gasteiger partial charge in [0.15, 0.2) is 0 Å². The van der Waals surface area contributed by atoms with Crippen LogP contribution in [0, 0.1) is 0 Å². The molecule has 0 bridgehead atoms. The summed E-state index contributed by atoms with van der Waals surface area (Å²) in [5.74, 6) is 0. The van der Waals surface area contributed by atoms with Crippen LogP contribution in [0.15, 0.2) is 53.6 Å². The fourth-order valence-corrected chi connectivity index (χ4v) is 3.28. The van der Waals surface area contributed by atoms with Gasteiger partial charge in [-0.05, 0) is 44.6 Å². The Morgan fingerprint density at radius 3 is 2.57 bits per heavy atom. The second kappa shape index (κ2) is 5.93. The molecule has 0 N–H and O–H groups in total. The molecule has 0 fully saturated rings. The molecule has 4 heteroatoms. The SMILES string of the molecule is CC(C)(C)c1cccc(N2N=C(Br)c3ccccc3C2C=O)c1. The summed E-state index contributed by atoms with van der Waals surface area (Å²) in [6.45, 7) is 6.52. The van der Waals surface area contributed by atoms with E-state index in [2.05, 4.69) is 53.9 Å². The molecule has 0 saturated heterocycles. The molecule has 1 unspecified atom stereocenters. The van der Waals surface area contributed by atoms with Gasteiger partial charge < -0.3 is 4.79 Å². The van der Waals surface area contributed by atoms with E-state index in [9.17, 15) is 4.79 Å². The number of carbonyl (C=O) groups is 1. The highest BCUT2D eigenvalue weighted by atomic mass is 79.9. The molecule has 0 saturated carbocycles. The molecule has 0 radical (unpaired) electrons. The van der Waals surface area contributed by atoms with Gasteiger partial charge in [-0.3, -0.25) is 0 Å². The Labute approximate surface area is 145 Å². The summed E-state index contributed by atoms with van der Waals surface area (Å²) in [5.41, 5.74) is 4.10. The van der Waals surface area contributed by atoms with Crippen LogP contribution in [0.25, 0.3) is 0 Å². The molecule has 2 aromatic rings. The molecule has 0 amide bonds. The van der Waals surface area contributed by atoms with Gasteiger partial charge >= 0.3 is 0 Å². The van der Waals surface area contributed by atoms with Crippen LogP contribution in [0.1, 0.15) is 43.5 Å². The highest BCUT2D eigenvalue weighted by Crippen LogP contribution is 2.35. The molecule has 1 aliphatic heterocycles. The second-order valence-corrected chi connectivity index (χ2v) is 7.46. The van der Waals surface area contributed by atoms with Crippen molar-refractivity contribution in [1.82, 2.24) is 0 Å². The number of rotatable bonds is 2. The molecule has 23 heavy (non-hydrogen) atoms. The van der Waals surface area contributed by atoms with E-state index in [1.165, 1.54) is 5.56 Å². The third kappa shape index (κ3) is 2.95. The van der Waals surface area contributed by atoms with Crippen molar-refractivity contribution in [2.24, 2.45) is 5.10 Å². The van der Waals surface area contributed by atoms with E-state index in [4.69, 9.17) is 0 Å². The van der Waals surface area contributed by atoms with E-state index in [-0.39, 0.29) is 5.41 Å². The van der Waals surface area contributed by atoms with Crippen molar-refractivity contribution in [2.45, 2.75) is 32.2 Å². The number of halogens is 1. The molecule has 0 aromatic heterocycles.